The highest BCUT2D eigenvalue weighted by molar-refractivity contribution is 6.32. The maximum atomic E-state index is 12.9. The van der Waals surface area contributed by atoms with E-state index in [2.05, 4.69) is 29.9 Å². The number of fused-ring (bicyclic) bond motifs is 6. The predicted octanol–water partition coefficient (Wildman–Crippen LogP) is 6.48. The van der Waals surface area contributed by atoms with Crippen LogP contribution < -0.4 is 4.74 Å². The minimum absolute atomic E-state index is 0.196. The van der Waals surface area contributed by atoms with Gasteiger partial charge < -0.3 is 23.7 Å². The Hall–Kier alpha value is -6.25. The molecule has 14 nitrogen and oxygen atoms in total. The highest BCUT2D eigenvalue weighted by Crippen LogP contribution is 2.34. The molecule has 0 aliphatic heterocycles. The van der Waals surface area contributed by atoms with Crippen LogP contribution >= 0.6 is 23.2 Å². The third-order valence-electron chi connectivity index (χ3n) is 8.84. The van der Waals surface area contributed by atoms with E-state index < -0.39 is 0 Å². The number of carbonyl (C=O) groups excluding carboxylic acids is 2. The van der Waals surface area contributed by atoms with Crippen LogP contribution in [0.25, 0.3) is 66.6 Å². The summed E-state index contributed by atoms with van der Waals surface area (Å²) in [6.45, 7) is 0. The summed E-state index contributed by atoms with van der Waals surface area (Å²) in [5.74, 6) is 0.997. The Morgan fingerprint density at radius 1 is 0.630 bits per heavy atom. The van der Waals surface area contributed by atoms with Gasteiger partial charge in [0.15, 0.2) is 11.6 Å². The third kappa shape index (κ3) is 6.39. The number of pyridine rings is 1. The van der Waals surface area contributed by atoms with Gasteiger partial charge in [0.1, 0.15) is 34.8 Å². The fourth-order valence-corrected chi connectivity index (χ4v) is 6.49. The maximum absolute atomic E-state index is 12.9. The maximum Gasteiger partial charge on any atom is 0.272 e. The lowest BCUT2D eigenvalue weighted by atomic mass is 10.1. The Labute approximate surface area is 319 Å². The lowest BCUT2D eigenvalue weighted by Gasteiger charge is -2.12. The third-order valence-corrected chi connectivity index (χ3v) is 9.31. The first kappa shape index (κ1) is 36.1. The quantitative estimate of drug-likeness (QED) is 0.191. The zero-order valence-electron chi connectivity index (χ0n) is 30.3. The van der Waals surface area contributed by atoms with Crippen LogP contribution in [0, 0.1) is 0 Å². The number of nitrogens with zero attached hydrogens (tertiary/aromatic N) is 11. The Bertz CT molecular complexity index is 2760. The summed E-state index contributed by atoms with van der Waals surface area (Å²) in [7, 11) is 12.2. The Kier molecular flexibility index (Phi) is 9.56. The van der Waals surface area contributed by atoms with Crippen molar-refractivity contribution in [3.63, 3.8) is 0 Å². The Balaban J connectivity index is 0.000000167. The SMILES string of the molecule is CN(C)C(=O)c1nc(-c2cncnc2)nc2c1c1ccc(Cl)cc1n2C.COc1cncc(-c2nc(C(=O)N(C)C)c3c4ccc(Cl)cc4n(C)c3n2)c1. The minimum atomic E-state index is -0.202. The number of amides is 2. The number of rotatable bonds is 5. The number of halogens is 2. The van der Waals surface area contributed by atoms with E-state index in [1.807, 2.05) is 47.5 Å². The number of aryl methyl sites for hydroxylation is 2. The number of hydrogen-bond acceptors (Lipinski definition) is 10. The van der Waals surface area contributed by atoms with Gasteiger partial charge in [-0.3, -0.25) is 14.6 Å². The molecule has 0 bridgehead atoms. The second-order valence-corrected chi connectivity index (χ2v) is 13.6. The fourth-order valence-electron chi connectivity index (χ4n) is 6.15. The number of hydrogen-bond donors (Lipinski definition) is 0. The second-order valence-electron chi connectivity index (χ2n) is 12.8. The van der Waals surface area contributed by atoms with Crippen LogP contribution in [0.1, 0.15) is 21.0 Å². The number of benzene rings is 2. The first-order valence-electron chi connectivity index (χ1n) is 16.5. The van der Waals surface area contributed by atoms with E-state index >= 15 is 0 Å². The topological polar surface area (TPSA) is 150 Å². The lowest BCUT2D eigenvalue weighted by Crippen LogP contribution is -2.23. The first-order valence-corrected chi connectivity index (χ1v) is 17.2. The van der Waals surface area contributed by atoms with Crippen molar-refractivity contribution in [2.24, 2.45) is 14.1 Å². The molecule has 54 heavy (non-hydrogen) atoms. The van der Waals surface area contributed by atoms with Gasteiger partial charge in [-0.2, -0.15) is 0 Å². The van der Waals surface area contributed by atoms with Gasteiger partial charge in [-0.15, -0.1) is 0 Å². The van der Waals surface area contributed by atoms with Crippen LogP contribution in [-0.2, 0) is 14.1 Å². The molecule has 2 aromatic carbocycles. The molecular weight excluding hydrogens is 729 g/mol. The molecule has 0 fully saturated rings. The molecule has 0 N–H and O–H groups in total. The first-order chi connectivity index (χ1) is 25.9. The molecule has 0 saturated heterocycles. The van der Waals surface area contributed by atoms with Crippen molar-refractivity contribution in [3.05, 3.63) is 95.0 Å². The molecule has 0 spiro atoms. The van der Waals surface area contributed by atoms with E-state index in [-0.39, 0.29) is 11.8 Å². The lowest BCUT2D eigenvalue weighted by molar-refractivity contribution is 0.0817. The Morgan fingerprint density at radius 3 is 1.56 bits per heavy atom. The van der Waals surface area contributed by atoms with E-state index in [4.69, 9.17) is 32.9 Å². The summed E-state index contributed by atoms with van der Waals surface area (Å²) in [5, 5.41) is 4.40. The van der Waals surface area contributed by atoms with Crippen molar-refractivity contribution in [2.75, 3.05) is 35.3 Å². The standard InChI is InChI=1S/C20H18ClN5O2.C18H15ClN6O/c1-25(2)20(27)17-16-14-6-5-12(21)8-15(14)26(3)19(16)24-18(23-17)11-7-13(28-4)10-22-9-11;1-24(2)18(26)15-14-12-5-4-11(19)6-13(12)25(3)17(14)23-16(22-15)10-7-20-9-21-8-10/h5-10H,1-4H3;4-9H,1-3H3. The largest absolute Gasteiger partial charge is 0.495 e. The molecule has 6 aromatic heterocycles. The summed E-state index contributed by atoms with van der Waals surface area (Å²) in [6, 6.07) is 12.9. The van der Waals surface area contributed by atoms with Crippen LogP contribution in [0.5, 0.6) is 5.75 Å². The van der Waals surface area contributed by atoms with Gasteiger partial charge >= 0.3 is 0 Å². The van der Waals surface area contributed by atoms with Crippen molar-refractivity contribution >= 4 is 78.9 Å². The zero-order chi connectivity index (χ0) is 38.4. The molecule has 0 radical (unpaired) electrons. The molecular formula is C38H33Cl2N11O3. The summed E-state index contributed by atoms with van der Waals surface area (Å²) in [4.78, 5) is 59.6. The highest BCUT2D eigenvalue weighted by Gasteiger charge is 2.24. The summed E-state index contributed by atoms with van der Waals surface area (Å²) >= 11 is 12.3. The van der Waals surface area contributed by atoms with Crippen LogP contribution in [0.3, 0.4) is 0 Å². The van der Waals surface area contributed by atoms with Crippen molar-refractivity contribution < 1.29 is 14.3 Å². The monoisotopic (exact) mass is 761 g/mol. The van der Waals surface area contributed by atoms with Gasteiger partial charge in [-0.25, -0.2) is 29.9 Å². The van der Waals surface area contributed by atoms with E-state index in [1.165, 1.54) is 16.1 Å². The van der Waals surface area contributed by atoms with Gasteiger partial charge in [0.2, 0.25) is 0 Å². The van der Waals surface area contributed by atoms with E-state index in [1.54, 1.807) is 78.3 Å². The van der Waals surface area contributed by atoms with Crippen molar-refractivity contribution in [1.82, 2.24) is 53.8 Å². The predicted molar refractivity (Wildman–Crippen MR) is 209 cm³/mol. The van der Waals surface area contributed by atoms with E-state index in [0.717, 1.165) is 21.8 Å². The van der Waals surface area contributed by atoms with Gasteiger partial charge in [-0.1, -0.05) is 35.3 Å². The Morgan fingerprint density at radius 2 is 1.09 bits per heavy atom. The van der Waals surface area contributed by atoms with Crippen LogP contribution in [0.2, 0.25) is 10.0 Å². The fraction of sp³-hybridized carbons (Fsp3) is 0.184. The molecule has 0 atom stereocenters. The molecule has 0 unspecified atom stereocenters. The zero-order valence-corrected chi connectivity index (χ0v) is 31.8. The summed E-state index contributed by atoms with van der Waals surface area (Å²) in [6.07, 6.45) is 7.93. The summed E-state index contributed by atoms with van der Waals surface area (Å²) in [5.41, 5.74) is 5.05. The number of methoxy groups -OCH3 is 1. The van der Waals surface area contributed by atoms with E-state index in [9.17, 15) is 9.59 Å². The van der Waals surface area contributed by atoms with Gasteiger partial charge in [0, 0.05) is 87.3 Å². The molecule has 2 amide bonds. The van der Waals surface area contributed by atoms with Crippen molar-refractivity contribution in [2.45, 2.75) is 0 Å². The molecule has 0 saturated carbocycles. The van der Waals surface area contributed by atoms with Crippen LogP contribution in [0.15, 0.2) is 73.6 Å². The normalized spacial score (nSPS) is 11.2. The smallest absolute Gasteiger partial charge is 0.272 e. The van der Waals surface area contributed by atoms with Crippen LogP contribution in [-0.4, -0.2) is 101 Å². The molecule has 6 heterocycles. The second kappa shape index (κ2) is 14.3. The average molecular weight is 763 g/mol. The number of carbonyl (C=O) groups is 2. The average Bonchev–Trinajstić information content (AvgIpc) is 3.62. The summed E-state index contributed by atoms with van der Waals surface area (Å²) < 4.78 is 9.08. The number of aromatic nitrogens is 9. The molecule has 8 rings (SSSR count). The van der Waals surface area contributed by atoms with Gasteiger partial charge in [0.05, 0.1) is 40.7 Å². The number of ether oxygens (including phenoxy) is 1. The minimum Gasteiger partial charge on any atom is -0.495 e. The van der Waals surface area contributed by atoms with Gasteiger partial charge in [-0.05, 0) is 30.3 Å². The van der Waals surface area contributed by atoms with Gasteiger partial charge in [0.25, 0.3) is 11.8 Å². The van der Waals surface area contributed by atoms with Crippen molar-refractivity contribution in [3.8, 4) is 28.5 Å². The molecule has 0 aliphatic carbocycles. The van der Waals surface area contributed by atoms with E-state index in [0.29, 0.717) is 72.0 Å². The van der Waals surface area contributed by atoms with Crippen molar-refractivity contribution in [1.29, 1.82) is 0 Å². The molecule has 272 valence electrons. The molecule has 16 heteroatoms. The molecule has 0 aliphatic rings. The highest BCUT2D eigenvalue weighted by atomic mass is 35.5. The van der Waals surface area contributed by atoms with Crippen LogP contribution in [0.4, 0.5) is 0 Å². The molecule has 8 aromatic rings.